The van der Waals surface area contributed by atoms with Crippen molar-refractivity contribution in [2.24, 2.45) is 0 Å². The van der Waals surface area contributed by atoms with Crippen molar-refractivity contribution in [3.63, 3.8) is 0 Å². The Morgan fingerprint density at radius 2 is 1.56 bits per heavy atom. The van der Waals surface area contributed by atoms with Gasteiger partial charge in [0.1, 0.15) is 18.4 Å². The lowest BCUT2D eigenvalue weighted by Gasteiger charge is -2.35. The molecule has 10 heteroatoms. The van der Waals surface area contributed by atoms with Gasteiger partial charge in [0.25, 0.3) is 0 Å². The van der Waals surface area contributed by atoms with Crippen LogP contribution in [-0.4, -0.2) is 62.2 Å². The number of hydrogen-bond donors (Lipinski definition) is 1. The van der Waals surface area contributed by atoms with E-state index < -0.39 is 40.4 Å². The molecule has 3 aromatic carbocycles. The quantitative estimate of drug-likeness (QED) is 0.346. The van der Waals surface area contributed by atoms with Crippen LogP contribution in [0.5, 0.6) is 0 Å². The Bertz CT molecular complexity index is 1460. The zero-order chi connectivity index (χ0) is 30.3. The Hall–Kier alpha value is -3.76. The van der Waals surface area contributed by atoms with Crippen LogP contribution in [0.4, 0.5) is 10.1 Å². The number of hydrogen-bond acceptors (Lipinski definition) is 4. The van der Waals surface area contributed by atoms with E-state index in [0.29, 0.717) is 11.3 Å². The van der Waals surface area contributed by atoms with Crippen LogP contribution in [-0.2, 0) is 32.8 Å². The third-order valence-corrected chi connectivity index (χ3v) is 8.46. The lowest BCUT2D eigenvalue weighted by molar-refractivity contribution is -0.140. The van der Waals surface area contributed by atoms with Crippen LogP contribution in [0.15, 0.2) is 72.8 Å². The number of rotatable bonds is 12. The minimum absolute atomic E-state index is 0.156. The maximum absolute atomic E-state index is 14.9. The summed E-state index contributed by atoms with van der Waals surface area (Å²) in [4.78, 5) is 29.1. The third-order valence-electron chi connectivity index (χ3n) is 6.65. The smallest absolute Gasteiger partial charge is 0.304 e. The Morgan fingerprint density at radius 1 is 0.927 bits per heavy atom. The molecule has 0 aliphatic rings. The van der Waals surface area contributed by atoms with Gasteiger partial charge in [0.15, 0.2) is 0 Å². The second-order valence-corrected chi connectivity index (χ2v) is 12.6. The summed E-state index contributed by atoms with van der Waals surface area (Å²) in [5.74, 6) is -1.58. The molecule has 3 rings (SSSR count). The van der Waals surface area contributed by atoms with Crippen LogP contribution in [0.1, 0.15) is 36.1 Å². The van der Waals surface area contributed by atoms with Gasteiger partial charge in [-0.05, 0) is 56.5 Å². The van der Waals surface area contributed by atoms with Crippen molar-refractivity contribution in [1.29, 1.82) is 0 Å². The fraction of sp³-hybridized carbons (Fsp3) is 0.355. The van der Waals surface area contributed by atoms with Crippen molar-refractivity contribution in [1.82, 2.24) is 14.5 Å². The van der Waals surface area contributed by atoms with E-state index in [1.54, 1.807) is 37.3 Å². The van der Waals surface area contributed by atoms with E-state index in [1.165, 1.54) is 25.1 Å². The van der Waals surface area contributed by atoms with Gasteiger partial charge in [-0.15, -0.1) is 0 Å². The lowest BCUT2D eigenvalue weighted by Crippen LogP contribution is -2.55. The van der Waals surface area contributed by atoms with Crippen LogP contribution in [0.3, 0.4) is 0 Å². The average molecular weight is 583 g/mol. The van der Waals surface area contributed by atoms with Gasteiger partial charge in [0, 0.05) is 38.7 Å². The van der Waals surface area contributed by atoms with Gasteiger partial charge in [-0.3, -0.25) is 9.59 Å². The van der Waals surface area contributed by atoms with Gasteiger partial charge in [-0.25, -0.2) is 8.70 Å². The van der Waals surface area contributed by atoms with Crippen LogP contribution >= 0.6 is 0 Å². The first-order valence-corrected chi connectivity index (χ1v) is 14.9. The Balaban J connectivity index is 2.14. The first-order valence-electron chi connectivity index (χ1n) is 13.5. The Morgan fingerprint density at radius 3 is 2.17 bits per heavy atom. The summed E-state index contributed by atoms with van der Waals surface area (Å²) in [6.07, 6.45) is 0.156. The second kappa shape index (κ2) is 13.7. The highest BCUT2D eigenvalue weighted by Crippen LogP contribution is 2.26. The van der Waals surface area contributed by atoms with Crippen LogP contribution in [0.2, 0.25) is 0 Å². The van der Waals surface area contributed by atoms with E-state index in [-0.39, 0.29) is 24.6 Å². The highest BCUT2D eigenvalue weighted by atomic mass is 32.2. The highest BCUT2D eigenvalue weighted by Gasteiger charge is 2.35. The van der Waals surface area contributed by atoms with Crippen molar-refractivity contribution >= 4 is 27.7 Å². The molecular formula is C31H39FN4O4S. The van der Waals surface area contributed by atoms with Crippen molar-refractivity contribution in [3.05, 3.63) is 101 Å². The molecule has 0 bridgehead atoms. The lowest BCUT2D eigenvalue weighted by atomic mass is 10.0. The Kier molecular flexibility index (Phi) is 10.6. The molecule has 0 heterocycles. The molecule has 0 spiro atoms. The van der Waals surface area contributed by atoms with Gasteiger partial charge in [-0.1, -0.05) is 60.7 Å². The number of carbonyl (C=O) groups is 2. The number of anilines is 1. The van der Waals surface area contributed by atoms with Crippen LogP contribution in [0.25, 0.3) is 0 Å². The van der Waals surface area contributed by atoms with Gasteiger partial charge in [-0.2, -0.15) is 12.7 Å². The molecule has 0 saturated heterocycles. The minimum atomic E-state index is -4.12. The Labute approximate surface area is 243 Å². The summed E-state index contributed by atoms with van der Waals surface area (Å²) in [6, 6.07) is 19.4. The molecule has 0 aliphatic carbocycles. The summed E-state index contributed by atoms with van der Waals surface area (Å²) in [5, 5.41) is 2.88. The average Bonchev–Trinajstić information content (AvgIpc) is 2.91. The molecular weight excluding hydrogens is 543 g/mol. The third kappa shape index (κ3) is 8.14. The number of amides is 2. The molecule has 8 nitrogen and oxygen atoms in total. The summed E-state index contributed by atoms with van der Waals surface area (Å²) in [7, 11) is -1.34. The van der Waals surface area contributed by atoms with E-state index in [1.807, 2.05) is 57.2 Å². The largest absolute Gasteiger partial charge is 0.352 e. The van der Waals surface area contributed by atoms with E-state index >= 15 is 0 Å². The number of nitrogens with one attached hydrogen (secondary N) is 1. The molecule has 0 fully saturated rings. The maximum Gasteiger partial charge on any atom is 0.304 e. The van der Waals surface area contributed by atoms with Gasteiger partial charge < -0.3 is 10.2 Å². The van der Waals surface area contributed by atoms with E-state index in [2.05, 4.69) is 5.32 Å². The fourth-order valence-electron chi connectivity index (χ4n) is 4.43. The van der Waals surface area contributed by atoms with Gasteiger partial charge in [0.05, 0.1) is 5.69 Å². The standard InChI is InChI=1S/C31H39FN4O4S/c1-22(2)33-31(38)29(19-25-12-8-7-9-13-25)35(20-26-14-10-11-15-27(26)32)30(37)21-36(41(39,40)34(5)6)28-18-23(3)16-17-24(28)4/h7-18,22,29H,19-21H2,1-6H3,(H,33,38)/t29-/m0/s1. The summed E-state index contributed by atoms with van der Waals surface area (Å²) < 4.78 is 44.1. The monoisotopic (exact) mass is 582 g/mol. The zero-order valence-corrected chi connectivity index (χ0v) is 25.3. The predicted molar refractivity (Wildman–Crippen MR) is 160 cm³/mol. The van der Waals surface area contributed by atoms with Crippen molar-refractivity contribution < 1.29 is 22.4 Å². The van der Waals surface area contributed by atoms with Crippen molar-refractivity contribution in [3.8, 4) is 0 Å². The summed E-state index contributed by atoms with van der Waals surface area (Å²) in [6.45, 7) is 6.42. The molecule has 220 valence electrons. The molecule has 0 unspecified atom stereocenters. The van der Waals surface area contributed by atoms with E-state index in [4.69, 9.17) is 0 Å². The van der Waals surface area contributed by atoms with Crippen LogP contribution < -0.4 is 9.62 Å². The molecule has 41 heavy (non-hydrogen) atoms. The zero-order valence-electron chi connectivity index (χ0n) is 24.5. The number of benzene rings is 3. The predicted octanol–water partition coefficient (Wildman–Crippen LogP) is 4.22. The minimum Gasteiger partial charge on any atom is -0.352 e. The number of nitrogens with zero attached hydrogens (tertiary/aromatic N) is 3. The van der Waals surface area contributed by atoms with Gasteiger partial charge >= 0.3 is 10.2 Å². The highest BCUT2D eigenvalue weighted by molar-refractivity contribution is 7.90. The topological polar surface area (TPSA) is 90.0 Å². The van der Waals surface area contributed by atoms with Crippen molar-refractivity contribution in [2.75, 3.05) is 24.9 Å². The first-order chi connectivity index (χ1) is 19.3. The number of carbonyl (C=O) groups excluding carboxylic acids is 2. The van der Waals surface area contributed by atoms with Gasteiger partial charge in [0.2, 0.25) is 11.8 Å². The molecule has 0 aromatic heterocycles. The van der Waals surface area contributed by atoms with E-state index in [0.717, 1.165) is 19.7 Å². The fourth-order valence-corrected chi connectivity index (χ4v) is 5.55. The number of halogens is 1. The van der Waals surface area contributed by atoms with Crippen molar-refractivity contribution in [2.45, 2.75) is 52.7 Å². The van der Waals surface area contributed by atoms with E-state index in [9.17, 15) is 22.4 Å². The summed E-state index contributed by atoms with van der Waals surface area (Å²) in [5.41, 5.74) is 2.84. The normalized spacial score (nSPS) is 12.3. The molecule has 1 N–H and O–H groups in total. The summed E-state index contributed by atoms with van der Waals surface area (Å²) >= 11 is 0. The maximum atomic E-state index is 14.9. The number of aryl methyl sites for hydroxylation is 2. The molecule has 0 saturated carbocycles. The first kappa shape index (κ1) is 31.8. The molecule has 2 amide bonds. The molecule has 1 atom stereocenters. The SMILES string of the molecule is Cc1ccc(C)c(N(CC(=O)N(Cc2ccccc2F)[C@@H](Cc2ccccc2)C(=O)NC(C)C)S(=O)(=O)N(C)C)c1. The molecule has 0 radical (unpaired) electrons. The second-order valence-electron chi connectivity index (χ2n) is 10.6. The molecule has 0 aliphatic heterocycles. The molecule has 3 aromatic rings. The van der Waals surface area contributed by atoms with Crippen LogP contribution in [0, 0.1) is 19.7 Å².